The second-order valence-corrected chi connectivity index (χ2v) is 5.23. The molecular weight excluding hydrogens is 306 g/mol. The molecule has 0 spiro atoms. The molecule has 1 atom stereocenters. The SMILES string of the molecule is COCC(C)(NC(=O)c1cc(OC)c2c(c1)OCCO2)C(=O)O. The molecule has 1 unspecified atom stereocenters. The van der Waals surface area contributed by atoms with Crippen molar-refractivity contribution in [1.29, 1.82) is 0 Å². The predicted octanol–water partition coefficient (Wildman–Crippen LogP) is 0.686. The molecule has 1 aliphatic rings. The molecule has 1 heterocycles. The standard InChI is InChI=1S/C15H19NO7/c1-15(8-20-2,14(18)19)16-13(17)9-6-10(21-3)12-11(7-9)22-4-5-23-12/h6-7H,4-5,8H2,1-3H3,(H,16,17)(H,18,19). The molecular formula is C15H19NO7. The number of benzene rings is 1. The Morgan fingerprint density at radius 1 is 1.30 bits per heavy atom. The van der Waals surface area contributed by atoms with Gasteiger partial charge in [-0.25, -0.2) is 4.79 Å². The molecule has 2 N–H and O–H groups in total. The van der Waals surface area contributed by atoms with Crippen LogP contribution in [-0.4, -0.2) is 56.6 Å². The second kappa shape index (κ2) is 6.74. The smallest absolute Gasteiger partial charge is 0.331 e. The number of carboxylic acids is 1. The third kappa shape index (κ3) is 3.48. The van der Waals surface area contributed by atoms with Gasteiger partial charge in [0.15, 0.2) is 17.0 Å². The topological polar surface area (TPSA) is 103 Å². The highest BCUT2D eigenvalue weighted by molar-refractivity contribution is 5.98. The van der Waals surface area contributed by atoms with E-state index < -0.39 is 17.4 Å². The summed E-state index contributed by atoms with van der Waals surface area (Å²) in [6.07, 6.45) is 0. The number of ether oxygens (including phenoxy) is 4. The van der Waals surface area contributed by atoms with Crippen LogP contribution < -0.4 is 19.5 Å². The van der Waals surface area contributed by atoms with Crippen LogP contribution in [0.3, 0.4) is 0 Å². The van der Waals surface area contributed by atoms with Crippen LogP contribution in [0.25, 0.3) is 0 Å². The number of fused-ring (bicyclic) bond motifs is 1. The van der Waals surface area contributed by atoms with E-state index in [1.165, 1.54) is 33.3 Å². The Balaban J connectivity index is 2.30. The van der Waals surface area contributed by atoms with Crippen molar-refractivity contribution in [2.45, 2.75) is 12.5 Å². The number of nitrogens with one attached hydrogen (secondary N) is 1. The lowest BCUT2D eigenvalue weighted by molar-refractivity contribution is -0.145. The van der Waals surface area contributed by atoms with Gasteiger partial charge in [-0.15, -0.1) is 0 Å². The molecule has 1 aliphatic heterocycles. The van der Waals surface area contributed by atoms with E-state index in [9.17, 15) is 14.7 Å². The molecule has 0 fully saturated rings. The van der Waals surface area contributed by atoms with Gasteiger partial charge < -0.3 is 29.4 Å². The maximum atomic E-state index is 12.4. The van der Waals surface area contributed by atoms with Crippen LogP contribution in [0.15, 0.2) is 12.1 Å². The lowest BCUT2D eigenvalue weighted by atomic mass is 10.0. The molecule has 1 amide bonds. The van der Waals surface area contributed by atoms with Gasteiger partial charge in [0.2, 0.25) is 5.75 Å². The molecule has 1 aromatic rings. The van der Waals surface area contributed by atoms with Crippen molar-refractivity contribution in [3.63, 3.8) is 0 Å². The van der Waals surface area contributed by atoms with E-state index in [4.69, 9.17) is 18.9 Å². The van der Waals surface area contributed by atoms with Gasteiger partial charge in [-0.2, -0.15) is 0 Å². The number of rotatable bonds is 6. The van der Waals surface area contributed by atoms with E-state index >= 15 is 0 Å². The third-order valence-electron chi connectivity index (χ3n) is 3.38. The summed E-state index contributed by atoms with van der Waals surface area (Å²) in [5, 5.41) is 11.7. The first-order valence-electron chi connectivity index (χ1n) is 6.94. The van der Waals surface area contributed by atoms with E-state index in [1.807, 2.05) is 0 Å². The van der Waals surface area contributed by atoms with Crippen molar-refractivity contribution >= 4 is 11.9 Å². The maximum absolute atomic E-state index is 12.4. The largest absolute Gasteiger partial charge is 0.493 e. The Kier molecular flexibility index (Phi) is 4.95. The minimum atomic E-state index is -1.55. The zero-order chi connectivity index (χ0) is 17.0. The molecule has 0 aromatic heterocycles. The summed E-state index contributed by atoms with van der Waals surface area (Å²) in [4.78, 5) is 23.8. The molecule has 2 rings (SSSR count). The molecule has 23 heavy (non-hydrogen) atoms. The minimum absolute atomic E-state index is 0.171. The predicted molar refractivity (Wildman–Crippen MR) is 79.4 cm³/mol. The van der Waals surface area contributed by atoms with Gasteiger partial charge in [-0.05, 0) is 19.1 Å². The number of aliphatic carboxylic acids is 1. The van der Waals surface area contributed by atoms with Crippen LogP contribution in [0.1, 0.15) is 17.3 Å². The van der Waals surface area contributed by atoms with Gasteiger partial charge in [0.05, 0.1) is 13.7 Å². The van der Waals surface area contributed by atoms with Crippen LogP contribution in [0.2, 0.25) is 0 Å². The summed E-state index contributed by atoms with van der Waals surface area (Å²) in [6, 6.07) is 2.96. The summed E-state index contributed by atoms with van der Waals surface area (Å²) in [6.45, 7) is 1.94. The number of hydrogen-bond donors (Lipinski definition) is 2. The molecule has 8 nitrogen and oxygen atoms in total. The van der Waals surface area contributed by atoms with E-state index in [2.05, 4.69) is 5.32 Å². The Labute approximate surface area is 133 Å². The van der Waals surface area contributed by atoms with E-state index in [0.717, 1.165) is 0 Å². The number of carbonyl (C=O) groups excluding carboxylic acids is 1. The highest BCUT2D eigenvalue weighted by Gasteiger charge is 2.35. The summed E-state index contributed by atoms with van der Waals surface area (Å²) < 4.78 is 21.0. The molecule has 8 heteroatoms. The Morgan fingerprint density at radius 3 is 2.61 bits per heavy atom. The molecule has 0 saturated heterocycles. The Morgan fingerprint density at radius 2 is 2.00 bits per heavy atom. The maximum Gasteiger partial charge on any atom is 0.331 e. The number of amides is 1. The van der Waals surface area contributed by atoms with Crippen molar-refractivity contribution in [1.82, 2.24) is 5.32 Å². The van der Waals surface area contributed by atoms with Crippen molar-refractivity contribution in [2.75, 3.05) is 34.0 Å². The lowest BCUT2D eigenvalue weighted by Crippen LogP contribution is -2.55. The van der Waals surface area contributed by atoms with Crippen molar-refractivity contribution in [2.24, 2.45) is 0 Å². The molecule has 0 aliphatic carbocycles. The van der Waals surface area contributed by atoms with Crippen LogP contribution in [0, 0.1) is 0 Å². The quantitative estimate of drug-likeness (QED) is 0.793. The first kappa shape index (κ1) is 16.9. The van der Waals surface area contributed by atoms with E-state index in [-0.39, 0.29) is 12.2 Å². The number of carboxylic acid groups (broad SMARTS) is 1. The van der Waals surface area contributed by atoms with Crippen molar-refractivity contribution in [3.05, 3.63) is 17.7 Å². The average Bonchev–Trinajstić information content (AvgIpc) is 2.53. The van der Waals surface area contributed by atoms with Gasteiger partial charge in [-0.1, -0.05) is 0 Å². The van der Waals surface area contributed by atoms with Crippen LogP contribution in [0.5, 0.6) is 17.2 Å². The molecule has 0 saturated carbocycles. The fourth-order valence-electron chi connectivity index (χ4n) is 2.17. The zero-order valence-corrected chi connectivity index (χ0v) is 13.2. The van der Waals surface area contributed by atoms with E-state index in [0.29, 0.717) is 30.5 Å². The lowest BCUT2D eigenvalue weighted by Gasteiger charge is -2.26. The Bertz CT molecular complexity index is 599. The normalized spacial score (nSPS) is 15.4. The first-order valence-corrected chi connectivity index (χ1v) is 6.94. The monoisotopic (exact) mass is 325 g/mol. The van der Waals surface area contributed by atoms with Gasteiger partial charge in [-0.3, -0.25) is 4.79 Å². The number of hydrogen-bond acceptors (Lipinski definition) is 6. The van der Waals surface area contributed by atoms with E-state index in [1.54, 1.807) is 0 Å². The first-order chi connectivity index (χ1) is 10.9. The van der Waals surface area contributed by atoms with Crippen LogP contribution in [-0.2, 0) is 9.53 Å². The van der Waals surface area contributed by atoms with Gasteiger partial charge in [0, 0.05) is 12.7 Å². The van der Waals surface area contributed by atoms with Crippen LogP contribution >= 0.6 is 0 Å². The second-order valence-electron chi connectivity index (χ2n) is 5.23. The number of carbonyl (C=O) groups is 2. The highest BCUT2D eigenvalue weighted by Crippen LogP contribution is 2.40. The van der Waals surface area contributed by atoms with Gasteiger partial charge in [0.25, 0.3) is 5.91 Å². The van der Waals surface area contributed by atoms with Gasteiger partial charge in [0.1, 0.15) is 13.2 Å². The Hall–Kier alpha value is -2.48. The van der Waals surface area contributed by atoms with Crippen LogP contribution in [0.4, 0.5) is 0 Å². The van der Waals surface area contributed by atoms with Gasteiger partial charge >= 0.3 is 5.97 Å². The fourth-order valence-corrected chi connectivity index (χ4v) is 2.17. The number of methoxy groups -OCH3 is 2. The molecule has 0 bridgehead atoms. The van der Waals surface area contributed by atoms with Crippen molar-refractivity contribution < 1.29 is 33.6 Å². The molecule has 0 radical (unpaired) electrons. The fraction of sp³-hybridized carbons (Fsp3) is 0.467. The zero-order valence-electron chi connectivity index (χ0n) is 13.2. The summed E-state index contributed by atoms with van der Waals surface area (Å²) in [7, 11) is 2.81. The summed E-state index contributed by atoms with van der Waals surface area (Å²) in [5.41, 5.74) is -1.35. The minimum Gasteiger partial charge on any atom is -0.493 e. The highest BCUT2D eigenvalue weighted by atomic mass is 16.6. The van der Waals surface area contributed by atoms with Crippen molar-refractivity contribution in [3.8, 4) is 17.2 Å². The molecule has 1 aromatic carbocycles. The summed E-state index contributed by atoms with van der Waals surface area (Å²) in [5.74, 6) is -0.631. The third-order valence-corrected chi connectivity index (χ3v) is 3.38. The summed E-state index contributed by atoms with van der Waals surface area (Å²) >= 11 is 0. The molecule has 126 valence electrons. The average molecular weight is 325 g/mol.